The number of fused-ring (bicyclic) bond motifs is 8. The van der Waals surface area contributed by atoms with Gasteiger partial charge in [-0.05, 0) is 165 Å². The van der Waals surface area contributed by atoms with E-state index in [2.05, 4.69) is 375 Å². The van der Waals surface area contributed by atoms with Gasteiger partial charge in [0.1, 0.15) is 11.1 Å². The molecule has 16 rings (SSSR count). The van der Waals surface area contributed by atoms with Crippen LogP contribution in [0.4, 0.5) is 0 Å². The zero-order chi connectivity index (χ0) is 62.0. The van der Waals surface area contributed by atoms with E-state index < -0.39 is 24.6 Å². The fourth-order valence-electron chi connectivity index (χ4n) is 15.9. The SMILES string of the molecule is CN(C)P(=NS)(N(C)C(c1cccc2ccccc12)c1cccc2ccccc12)N(C(c1cccc2ccccc12)(c1cccc2ccccc12)c1cccc2ccccc12)C(c1cccc2ccccc12)(c1cccc2ccccc12)c1cccc2ccccc12. The van der Waals surface area contributed by atoms with Crippen LogP contribution in [0.3, 0.4) is 0 Å². The molecule has 442 valence electrons. The monoisotopic (exact) mass is 1220 g/mol. The van der Waals surface area contributed by atoms with Crippen LogP contribution in [-0.4, -0.2) is 35.2 Å². The van der Waals surface area contributed by atoms with E-state index in [1.165, 1.54) is 0 Å². The second-order valence-electron chi connectivity index (χ2n) is 24.5. The molecule has 0 heterocycles. The molecule has 0 N–H and O–H groups in total. The van der Waals surface area contributed by atoms with Crippen LogP contribution in [0.1, 0.15) is 50.5 Å². The smallest absolute Gasteiger partial charge is 0.182 e. The van der Waals surface area contributed by atoms with Crippen LogP contribution >= 0.6 is 20.3 Å². The first-order chi connectivity index (χ1) is 45.4. The van der Waals surface area contributed by atoms with Crippen molar-refractivity contribution in [1.29, 1.82) is 0 Å². The maximum Gasteiger partial charge on any atom is 0.182 e. The van der Waals surface area contributed by atoms with E-state index >= 15 is 0 Å². The summed E-state index contributed by atoms with van der Waals surface area (Å²) in [5, 5.41) is 18.0. The summed E-state index contributed by atoms with van der Waals surface area (Å²) in [6, 6.07) is 127. The lowest BCUT2D eigenvalue weighted by Gasteiger charge is -2.63. The fraction of sp³-hybridized carbons (Fsp3) is 0.0698. The molecule has 0 aliphatic carbocycles. The molecule has 0 saturated heterocycles. The van der Waals surface area contributed by atoms with Crippen LogP contribution in [0.15, 0.2) is 344 Å². The third-order valence-corrected chi connectivity index (χ3v) is 23.9. The Morgan fingerprint density at radius 2 is 0.457 bits per heavy atom. The Balaban J connectivity index is 1.27. The Morgan fingerprint density at radius 1 is 0.261 bits per heavy atom. The van der Waals surface area contributed by atoms with Gasteiger partial charge in [0.15, 0.2) is 7.51 Å². The standard InChI is InChI=1S/C86H67N4PS/c1-88(2)91(87-92,89(3)84(76-52-20-36-60-28-4-12-44-68(60)76)77-53-21-37-61-29-5-13-45-69(61)77)90(85(78-54-22-38-62-30-6-14-46-70(62)78,79-55-23-39-63-31-7-15-47-71(63)79)80-56-24-40-64-32-8-16-48-72(64)80)86(81-57-25-41-65-33-9-17-49-73(65)81,82-58-26-42-66-34-10-18-50-74(66)82)83-59-27-43-67-35-11-19-51-75(67)83/h4-59,84,92H,1-3H3. The summed E-state index contributed by atoms with van der Waals surface area (Å²) in [6.07, 6.45) is 0. The number of nitrogens with zero attached hydrogens (tertiary/aromatic N) is 4. The summed E-state index contributed by atoms with van der Waals surface area (Å²) in [6.45, 7) is 0. The van der Waals surface area contributed by atoms with Crippen molar-refractivity contribution in [3.8, 4) is 0 Å². The molecule has 0 fully saturated rings. The van der Waals surface area contributed by atoms with E-state index in [1.54, 1.807) is 0 Å². The molecular formula is C86H67N4PS. The highest BCUT2D eigenvalue weighted by atomic mass is 32.1. The van der Waals surface area contributed by atoms with Crippen molar-refractivity contribution >= 4 is 107 Å². The molecule has 0 saturated carbocycles. The van der Waals surface area contributed by atoms with Gasteiger partial charge in [0.25, 0.3) is 0 Å². The minimum absolute atomic E-state index is 0.475. The molecule has 0 aliphatic rings. The van der Waals surface area contributed by atoms with Crippen molar-refractivity contribution < 1.29 is 0 Å². The Kier molecular flexibility index (Phi) is 14.5. The largest absolute Gasteiger partial charge is 0.251 e. The van der Waals surface area contributed by atoms with Gasteiger partial charge in [0.05, 0.1) is 6.04 Å². The molecule has 1 unspecified atom stereocenters. The number of benzene rings is 16. The minimum atomic E-state index is -4.01. The highest BCUT2D eigenvalue weighted by Crippen LogP contribution is 2.75. The third-order valence-electron chi connectivity index (χ3n) is 19.7. The molecule has 0 spiro atoms. The Morgan fingerprint density at radius 3 is 0.685 bits per heavy atom. The summed E-state index contributed by atoms with van der Waals surface area (Å²) in [7, 11) is 2.92. The van der Waals surface area contributed by atoms with Crippen LogP contribution in [0, 0.1) is 0 Å². The predicted molar refractivity (Wildman–Crippen MR) is 395 cm³/mol. The molecule has 0 amide bonds. The molecule has 16 aromatic carbocycles. The second-order valence-corrected chi connectivity index (χ2v) is 28.1. The van der Waals surface area contributed by atoms with Crippen LogP contribution in [0.5, 0.6) is 0 Å². The first kappa shape index (κ1) is 57.2. The second kappa shape index (κ2) is 23.4. The van der Waals surface area contributed by atoms with Gasteiger partial charge in [-0.2, -0.15) is 4.15 Å². The van der Waals surface area contributed by atoms with Gasteiger partial charge in [-0.15, -0.1) is 0 Å². The van der Waals surface area contributed by atoms with E-state index in [-0.39, 0.29) is 0 Å². The van der Waals surface area contributed by atoms with Crippen molar-refractivity contribution in [1.82, 2.24) is 14.0 Å². The summed E-state index contributed by atoms with van der Waals surface area (Å²) in [4.78, 5) is 0. The first-order valence-electron chi connectivity index (χ1n) is 31.7. The van der Waals surface area contributed by atoms with Gasteiger partial charge in [-0.1, -0.05) is 340 Å². The van der Waals surface area contributed by atoms with Gasteiger partial charge in [-0.25, -0.2) is 9.34 Å². The van der Waals surface area contributed by atoms with Crippen LogP contribution in [-0.2, 0) is 11.1 Å². The van der Waals surface area contributed by atoms with E-state index in [0.29, 0.717) is 0 Å². The normalized spacial score (nSPS) is 13.0. The molecule has 6 heteroatoms. The van der Waals surface area contributed by atoms with E-state index in [9.17, 15) is 0 Å². The molecule has 0 aliphatic heterocycles. The zero-order valence-corrected chi connectivity index (χ0v) is 53.4. The minimum Gasteiger partial charge on any atom is -0.251 e. The van der Waals surface area contributed by atoms with Gasteiger partial charge >= 0.3 is 0 Å². The molecular weight excluding hydrogens is 1150 g/mol. The fourth-order valence-corrected chi connectivity index (χ4v) is 20.6. The van der Waals surface area contributed by atoms with Crippen molar-refractivity contribution in [3.63, 3.8) is 0 Å². The van der Waals surface area contributed by atoms with Crippen molar-refractivity contribution in [2.45, 2.75) is 17.1 Å². The molecule has 4 nitrogen and oxygen atoms in total. The lowest BCUT2D eigenvalue weighted by Crippen LogP contribution is -2.61. The lowest BCUT2D eigenvalue weighted by atomic mass is 9.66. The number of hydrogen-bond acceptors (Lipinski definition) is 1. The number of hydrogen-bond donors (Lipinski definition) is 1. The van der Waals surface area contributed by atoms with Gasteiger partial charge < -0.3 is 0 Å². The number of rotatable bonds is 14. The molecule has 0 radical (unpaired) electrons. The van der Waals surface area contributed by atoms with E-state index in [1.807, 2.05) is 0 Å². The zero-order valence-electron chi connectivity index (χ0n) is 51.6. The van der Waals surface area contributed by atoms with Crippen molar-refractivity contribution in [2.75, 3.05) is 21.1 Å². The molecule has 0 aromatic heterocycles. The third kappa shape index (κ3) is 8.76. The molecule has 1 atom stereocenters. The summed E-state index contributed by atoms with van der Waals surface area (Å²) >= 11 is 5.91. The Hall–Kier alpha value is -9.94. The van der Waals surface area contributed by atoms with E-state index in [4.69, 9.17) is 17.0 Å². The summed E-state index contributed by atoms with van der Waals surface area (Å²) < 4.78 is 14.5. The van der Waals surface area contributed by atoms with Gasteiger partial charge in [-0.3, -0.25) is 4.67 Å². The number of thiol groups is 1. The molecule has 0 bridgehead atoms. The van der Waals surface area contributed by atoms with Crippen molar-refractivity contribution in [2.24, 2.45) is 4.15 Å². The Bertz CT molecular complexity index is 4830. The maximum atomic E-state index is 6.30. The predicted octanol–water partition coefficient (Wildman–Crippen LogP) is 22.6. The van der Waals surface area contributed by atoms with Crippen molar-refractivity contribution in [3.05, 3.63) is 384 Å². The molecule has 92 heavy (non-hydrogen) atoms. The van der Waals surface area contributed by atoms with Gasteiger partial charge in [0, 0.05) is 0 Å². The average Bonchev–Trinajstić information content (AvgIpc) is 0.661. The highest BCUT2D eigenvalue weighted by Gasteiger charge is 2.64. The quantitative estimate of drug-likeness (QED) is 0.0666. The summed E-state index contributed by atoms with van der Waals surface area (Å²) in [5.74, 6) is 0. The lowest BCUT2D eigenvalue weighted by molar-refractivity contribution is 0.162. The summed E-state index contributed by atoms with van der Waals surface area (Å²) in [5.41, 5.74) is 6.06. The van der Waals surface area contributed by atoms with Crippen LogP contribution in [0.2, 0.25) is 0 Å². The average molecular weight is 1220 g/mol. The van der Waals surface area contributed by atoms with Crippen LogP contribution < -0.4 is 0 Å². The Labute approximate surface area is 543 Å². The maximum absolute atomic E-state index is 6.30. The van der Waals surface area contributed by atoms with E-state index in [0.717, 1.165) is 131 Å². The first-order valence-corrected chi connectivity index (χ1v) is 33.7. The van der Waals surface area contributed by atoms with Crippen LogP contribution in [0.25, 0.3) is 86.2 Å². The van der Waals surface area contributed by atoms with Gasteiger partial charge in [0.2, 0.25) is 0 Å². The highest BCUT2D eigenvalue weighted by molar-refractivity contribution is 7.84. The molecule has 16 aromatic rings. The topological polar surface area (TPSA) is 22.1 Å².